The molecule has 2 heterocycles. The molecule has 3 rings (SSSR count). The predicted molar refractivity (Wildman–Crippen MR) is 81.2 cm³/mol. The van der Waals surface area contributed by atoms with Crippen LogP contribution >= 0.6 is 0 Å². The first-order valence-corrected chi connectivity index (χ1v) is 7.37. The molecule has 0 saturated carbocycles. The fourth-order valence-corrected chi connectivity index (χ4v) is 2.52. The predicted octanol–water partition coefficient (Wildman–Crippen LogP) is 2.95. The zero-order valence-corrected chi connectivity index (χ0v) is 12.7. The summed E-state index contributed by atoms with van der Waals surface area (Å²) < 4.78 is 19.6. The highest BCUT2D eigenvalue weighted by Gasteiger charge is 2.38. The van der Waals surface area contributed by atoms with Crippen molar-refractivity contribution in [3.63, 3.8) is 0 Å². The van der Waals surface area contributed by atoms with Gasteiger partial charge in [0.25, 0.3) is 0 Å². The maximum absolute atomic E-state index is 5.98. The summed E-state index contributed by atoms with van der Waals surface area (Å²) in [5.41, 5.74) is 0.805. The molecular formula is C16H19N3O3. The third-order valence-electron chi connectivity index (χ3n) is 3.39. The molecule has 6 nitrogen and oxygen atoms in total. The van der Waals surface area contributed by atoms with E-state index in [1.807, 2.05) is 44.2 Å². The van der Waals surface area contributed by atoms with Gasteiger partial charge in [-0.15, -0.1) is 0 Å². The number of hydrogen-bond donors (Lipinski definition) is 0. The van der Waals surface area contributed by atoms with Gasteiger partial charge in [0, 0.05) is 18.6 Å². The third-order valence-corrected chi connectivity index (χ3v) is 3.39. The fraction of sp³-hybridized carbons (Fsp3) is 0.375. The van der Waals surface area contributed by atoms with Crippen molar-refractivity contribution in [2.24, 2.45) is 0 Å². The molecule has 2 aromatic heterocycles. The second kappa shape index (κ2) is 6.29. The average Bonchev–Trinajstić information content (AvgIpc) is 3.16. The van der Waals surface area contributed by atoms with E-state index in [2.05, 4.69) is 10.1 Å². The SMILES string of the molecule is CCOC(Cn1cncn1)(OCC)c1cc2ccccc2o1. The molecule has 6 heteroatoms. The second-order valence-electron chi connectivity index (χ2n) is 4.86. The Bertz CT molecular complexity index is 682. The van der Waals surface area contributed by atoms with Crippen molar-refractivity contribution in [3.05, 3.63) is 48.7 Å². The van der Waals surface area contributed by atoms with Crippen molar-refractivity contribution < 1.29 is 13.9 Å². The first kappa shape index (κ1) is 14.7. The van der Waals surface area contributed by atoms with Crippen LogP contribution in [-0.2, 0) is 21.8 Å². The zero-order chi connectivity index (χ0) is 15.4. The topological polar surface area (TPSA) is 62.3 Å². The fourth-order valence-electron chi connectivity index (χ4n) is 2.52. The van der Waals surface area contributed by atoms with E-state index in [4.69, 9.17) is 13.9 Å². The molecule has 0 atom stereocenters. The highest BCUT2D eigenvalue weighted by Crippen LogP contribution is 2.33. The van der Waals surface area contributed by atoms with Gasteiger partial charge in [0.05, 0.1) is 0 Å². The van der Waals surface area contributed by atoms with E-state index in [9.17, 15) is 0 Å². The third kappa shape index (κ3) is 2.75. The molecular weight excluding hydrogens is 282 g/mol. The molecule has 0 aliphatic rings. The lowest BCUT2D eigenvalue weighted by atomic mass is 10.1. The van der Waals surface area contributed by atoms with Crippen LogP contribution in [0.1, 0.15) is 19.6 Å². The number of rotatable bonds is 7. The van der Waals surface area contributed by atoms with Crippen LogP contribution in [0.15, 0.2) is 47.4 Å². The van der Waals surface area contributed by atoms with Gasteiger partial charge in [0.1, 0.15) is 24.8 Å². The lowest BCUT2D eigenvalue weighted by Gasteiger charge is -2.30. The minimum Gasteiger partial charge on any atom is -0.455 e. The van der Waals surface area contributed by atoms with E-state index in [0.717, 1.165) is 11.0 Å². The quantitative estimate of drug-likeness (QED) is 0.628. The Balaban J connectivity index is 2.05. The Labute approximate surface area is 128 Å². The summed E-state index contributed by atoms with van der Waals surface area (Å²) in [6.07, 6.45) is 3.12. The largest absolute Gasteiger partial charge is 0.455 e. The van der Waals surface area contributed by atoms with Crippen molar-refractivity contribution in [2.45, 2.75) is 26.2 Å². The van der Waals surface area contributed by atoms with Crippen molar-refractivity contribution in [1.82, 2.24) is 14.8 Å². The van der Waals surface area contributed by atoms with Gasteiger partial charge in [-0.1, -0.05) is 18.2 Å². The molecule has 3 aromatic rings. The lowest BCUT2D eigenvalue weighted by Crippen LogP contribution is -2.38. The van der Waals surface area contributed by atoms with Gasteiger partial charge in [-0.25, -0.2) is 9.67 Å². The van der Waals surface area contributed by atoms with Crippen LogP contribution in [0.3, 0.4) is 0 Å². The number of benzene rings is 1. The minimum atomic E-state index is -1.02. The Morgan fingerprint density at radius 1 is 1.18 bits per heavy atom. The number of furan rings is 1. The van der Waals surface area contributed by atoms with E-state index in [0.29, 0.717) is 25.5 Å². The van der Waals surface area contributed by atoms with Gasteiger partial charge in [-0.2, -0.15) is 5.10 Å². The van der Waals surface area contributed by atoms with E-state index < -0.39 is 5.79 Å². The Morgan fingerprint density at radius 2 is 1.95 bits per heavy atom. The number of aromatic nitrogens is 3. The number of hydrogen-bond acceptors (Lipinski definition) is 5. The zero-order valence-electron chi connectivity index (χ0n) is 12.7. The van der Waals surface area contributed by atoms with E-state index in [-0.39, 0.29) is 0 Å². The van der Waals surface area contributed by atoms with Crippen LogP contribution < -0.4 is 0 Å². The van der Waals surface area contributed by atoms with Crippen LogP contribution in [0.25, 0.3) is 11.0 Å². The van der Waals surface area contributed by atoms with Gasteiger partial charge >= 0.3 is 0 Å². The summed E-state index contributed by atoms with van der Waals surface area (Å²) >= 11 is 0. The van der Waals surface area contributed by atoms with Crippen molar-refractivity contribution >= 4 is 11.0 Å². The van der Waals surface area contributed by atoms with Gasteiger partial charge < -0.3 is 13.9 Å². The molecule has 0 aliphatic carbocycles. The molecule has 0 saturated heterocycles. The first-order valence-electron chi connectivity index (χ1n) is 7.37. The molecule has 0 unspecified atom stereocenters. The molecule has 0 N–H and O–H groups in total. The smallest absolute Gasteiger partial charge is 0.248 e. The summed E-state index contributed by atoms with van der Waals surface area (Å²) in [7, 11) is 0. The molecule has 0 bridgehead atoms. The molecule has 22 heavy (non-hydrogen) atoms. The van der Waals surface area contributed by atoms with E-state index in [1.165, 1.54) is 6.33 Å². The van der Waals surface area contributed by atoms with E-state index >= 15 is 0 Å². The maximum Gasteiger partial charge on any atom is 0.248 e. The number of para-hydroxylation sites is 1. The number of nitrogens with zero attached hydrogens (tertiary/aromatic N) is 3. The molecule has 0 radical (unpaired) electrons. The monoisotopic (exact) mass is 301 g/mol. The average molecular weight is 301 g/mol. The lowest BCUT2D eigenvalue weighted by molar-refractivity contribution is -0.261. The summed E-state index contributed by atoms with van der Waals surface area (Å²) in [6, 6.07) is 9.80. The van der Waals surface area contributed by atoms with Crippen molar-refractivity contribution in [2.75, 3.05) is 13.2 Å². The van der Waals surface area contributed by atoms with Crippen molar-refractivity contribution in [1.29, 1.82) is 0 Å². The summed E-state index contributed by atoms with van der Waals surface area (Å²) in [6.45, 7) is 5.21. The maximum atomic E-state index is 5.98. The molecule has 116 valence electrons. The normalized spacial score (nSPS) is 12.1. The standard InChI is InChI=1S/C16H19N3O3/c1-3-20-16(21-4-2,10-19-12-17-11-18-19)15-9-13-7-5-6-8-14(13)22-15/h5-9,11-12H,3-4,10H2,1-2H3. The summed E-state index contributed by atoms with van der Waals surface area (Å²) in [5.74, 6) is -0.385. The van der Waals surface area contributed by atoms with Crippen LogP contribution in [0.2, 0.25) is 0 Å². The molecule has 1 aromatic carbocycles. The van der Waals surface area contributed by atoms with Crippen LogP contribution in [-0.4, -0.2) is 28.0 Å². The Kier molecular flexibility index (Phi) is 4.22. The van der Waals surface area contributed by atoms with Gasteiger partial charge in [-0.3, -0.25) is 0 Å². The van der Waals surface area contributed by atoms with Crippen LogP contribution in [0.5, 0.6) is 0 Å². The van der Waals surface area contributed by atoms with E-state index in [1.54, 1.807) is 11.0 Å². The Morgan fingerprint density at radius 3 is 2.59 bits per heavy atom. The highest BCUT2D eigenvalue weighted by molar-refractivity contribution is 5.77. The number of fused-ring (bicyclic) bond motifs is 1. The molecule has 0 spiro atoms. The molecule has 0 aliphatic heterocycles. The van der Waals surface area contributed by atoms with Gasteiger partial charge in [-0.05, 0) is 26.0 Å². The minimum absolute atomic E-state index is 0.370. The second-order valence-corrected chi connectivity index (χ2v) is 4.86. The molecule has 0 fully saturated rings. The van der Waals surface area contributed by atoms with Crippen molar-refractivity contribution in [3.8, 4) is 0 Å². The van der Waals surface area contributed by atoms with Crippen LogP contribution in [0.4, 0.5) is 0 Å². The molecule has 0 amide bonds. The highest BCUT2D eigenvalue weighted by atomic mass is 16.7. The summed E-state index contributed by atoms with van der Waals surface area (Å²) in [4.78, 5) is 3.97. The van der Waals surface area contributed by atoms with Gasteiger partial charge in [0.15, 0.2) is 5.76 Å². The van der Waals surface area contributed by atoms with Gasteiger partial charge in [0.2, 0.25) is 5.79 Å². The number of ether oxygens (including phenoxy) is 2. The first-order chi connectivity index (χ1) is 10.8. The van der Waals surface area contributed by atoms with Crippen LogP contribution in [0, 0.1) is 0 Å². The Hall–Kier alpha value is -2.18. The summed E-state index contributed by atoms with van der Waals surface area (Å²) in [5, 5.41) is 5.16.